The van der Waals surface area contributed by atoms with E-state index in [1.165, 1.54) is 0 Å². The third-order valence-electron chi connectivity index (χ3n) is 3.64. The number of hydrogen-bond donors (Lipinski definition) is 1. The average Bonchev–Trinajstić information content (AvgIpc) is 2.53. The van der Waals surface area contributed by atoms with Crippen molar-refractivity contribution in [1.29, 1.82) is 0 Å². The number of morpholine rings is 1. The number of nitrogens with zero attached hydrogens (tertiary/aromatic N) is 1. The number of aliphatic carboxylic acids is 1. The van der Waals surface area contributed by atoms with Crippen LogP contribution in [0.4, 0.5) is 4.79 Å². The molecule has 1 unspecified atom stereocenters. The molecule has 120 valence electrons. The van der Waals surface area contributed by atoms with Crippen LogP contribution in [0.1, 0.15) is 18.9 Å². The molecular formula is C16H21NO5. The number of rotatable bonds is 5. The third kappa shape index (κ3) is 4.73. The zero-order chi connectivity index (χ0) is 15.9. The van der Waals surface area contributed by atoms with Crippen molar-refractivity contribution >= 4 is 12.1 Å². The van der Waals surface area contributed by atoms with E-state index in [1.54, 1.807) is 11.8 Å². The second kappa shape index (κ2) is 7.79. The van der Waals surface area contributed by atoms with Crippen molar-refractivity contribution in [3.8, 4) is 0 Å². The zero-order valence-electron chi connectivity index (χ0n) is 12.6. The fourth-order valence-corrected chi connectivity index (χ4v) is 2.33. The van der Waals surface area contributed by atoms with Gasteiger partial charge in [-0.2, -0.15) is 0 Å². The molecule has 0 bridgehead atoms. The van der Waals surface area contributed by atoms with Gasteiger partial charge in [0.2, 0.25) is 0 Å². The Hall–Kier alpha value is -2.08. The van der Waals surface area contributed by atoms with Gasteiger partial charge in [0, 0.05) is 6.54 Å². The van der Waals surface area contributed by atoms with E-state index >= 15 is 0 Å². The van der Waals surface area contributed by atoms with Crippen LogP contribution in [0.25, 0.3) is 0 Å². The number of carboxylic acid groups (broad SMARTS) is 1. The van der Waals surface area contributed by atoms with Gasteiger partial charge in [-0.05, 0) is 12.0 Å². The lowest BCUT2D eigenvalue weighted by Crippen LogP contribution is -2.46. The lowest BCUT2D eigenvalue weighted by atomic mass is 10.0. The van der Waals surface area contributed by atoms with Gasteiger partial charge in [0.05, 0.1) is 25.2 Å². The molecule has 22 heavy (non-hydrogen) atoms. The molecule has 1 heterocycles. The van der Waals surface area contributed by atoms with Crippen LogP contribution in [0.15, 0.2) is 30.3 Å². The van der Waals surface area contributed by atoms with E-state index in [9.17, 15) is 9.59 Å². The Balaban J connectivity index is 1.81. The first-order valence-corrected chi connectivity index (χ1v) is 7.36. The van der Waals surface area contributed by atoms with Crippen molar-refractivity contribution in [2.45, 2.75) is 26.1 Å². The highest BCUT2D eigenvalue weighted by atomic mass is 16.6. The number of ether oxygens (including phenoxy) is 2. The summed E-state index contributed by atoms with van der Waals surface area (Å²) in [5.41, 5.74) is 0.931. The minimum absolute atomic E-state index is 0.229. The van der Waals surface area contributed by atoms with Crippen LogP contribution >= 0.6 is 0 Å². The summed E-state index contributed by atoms with van der Waals surface area (Å²) < 4.78 is 10.8. The van der Waals surface area contributed by atoms with E-state index in [2.05, 4.69) is 0 Å². The van der Waals surface area contributed by atoms with E-state index in [0.717, 1.165) is 5.56 Å². The highest BCUT2D eigenvalue weighted by molar-refractivity contribution is 5.69. The van der Waals surface area contributed by atoms with Crippen molar-refractivity contribution in [3.63, 3.8) is 0 Å². The van der Waals surface area contributed by atoms with Crippen LogP contribution in [-0.4, -0.2) is 47.9 Å². The largest absolute Gasteiger partial charge is 0.481 e. The Kier molecular flexibility index (Phi) is 5.77. The maximum Gasteiger partial charge on any atom is 0.410 e. The third-order valence-corrected chi connectivity index (χ3v) is 3.64. The normalized spacial score (nSPS) is 19.5. The smallest absolute Gasteiger partial charge is 0.410 e. The minimum atomic E-state index is -0.854. The quantitative estimate of drug-likeness (QED) is 0.902. The van der Waals surface area contributed by atoms with Crippen LogP contribution in [0.3, 0.4) is 0 Å². The summed E-state index contributed by atoms with van der Waals surface area (Å²) in [5.74, 6) is -1.35. The number of benzene rings is 1. The molecule has 1 aliphatic rings. The van der Waals surface area contributed by atoms with E-state index < -0.39 is 11.9 Å². The molecule has 0 saturated carbocycles. The maximum atomic E-state index is 12.1. The molecule has 1 amide bonds. The summed E-state index contributed by atoms with van der Waals surface area (Å²) in [6.45, 7) is 3.10. The fraction of sp³-hybridized carbons (Fsp3) is 0.500. The molecule has 0 spiro atoms. The Morgan fingerprint density at radius 2 is 2.14 bits per heavy atom. The highest BCUT2D eigenvalue weighted by Crippen LogP contribution is 2.15. The van der Waals surface area contributed by atoms with Crippen molar-refractivity contribution < 1.29 is 24.2 Å². The first-order valence-electron chi connectivity index (χ1n) is 7.36. The van der Waals surface area contributed by atoms with E-state index in [4.69, 9.17) is 14.6 Å². The molecule has 0 radical (unpaired) electrons. The highest BCUT2D eigenvalue weighted by Gasteiger charge is 2.28. The zero-order valence-corrected chi connectivity index (χ0v) is 12.6. The van der Waals surface area contributed by atoms with Gasteiger partial charge in [0.25, 0.3) is 0 Å². The van der Waals surface area contributed by atoms with Crippen LogP contribution < -0.4 is 0 Å². The monoisotopic (exact) mass is 307 g/mol. The van der Waals surface area contributed by atoms with E-state index in [0.29, 0.717) is 26.1 Å². The summed E-state index contributed by atoms with van der Waals surface area (Å²) in [5, 5.41) is 8.94. The summed E-state index contributed by atoms with van der Waals surface area (Å²) in [7, 11) is 0. The first-order chi connectivity index (χ1) is 10.6. The number of carbonyl (C=O) groups excluding carboxylic acids is 1. The van der Waals surface area contributed by atoms with E-state index in [1.807, 2.05) is 30.3 Å². The van der Waals surface area contributed by atoms with Crippen molar-refractivity contribution in [3.05, 3.63) is 35.9 Å². The minimum Gasteiger partial charge on any atom is -0.481 e. The molecule has 1 N–H and O–H groups in total. The maximum absolute atomic E-state index is 12.1. The lowest BCUT2D eigenvalue weighted by Gasteiger charge is -2.32. The first kappa shape index (κ1) is 16.3. The van der Waals surface area contributed by atoms with Crippen molar-refractivity contribution in [2.75, 3.05) is 19.7 Å². The molecule has 1 fully saturated rings. The molecule has 1 saturated heterocycles. The molecule has 0 aliphatic carbocycles. The Labute approximate surface area is 129 Å². The molecule has 0 aromatic heterocycles. The van der Waals surface area contributed by atoms with Crippen molar-refractivity contribution in [2.24, 2.45) is 5.92 Å². The van der Waals surface area contributed by atoms with Gasteiger partial charge in [-0.15, -0.1) is 0 Å². The Morgan fingerprint density at radius 3 is 2.82 bits per heavy atom. The molecule has 2 rings (SSSR count). The lowest BCUT2D eigenvalue weighted by molar-refractivity contribution is -0.143. The second-order valence-electron chi connectivity index (χ2n) is 5.45. The predicted octanol–water partition coefficient (Wildman–Crippen LogP) is 2.13. The number of carboxylic acids is 1. The summed E-state index contributed by atoms with van der Waals surface area (Å²) in [6, 6.07) is 9.47. The van der Waals surface area contributed by atoms with Gasteiger partial charge < -0.3 is 19.5 Å². The number of amides is 1. The van der Waals surface area contributed by atoms with Gasteiger partial charge in [-0.1, -0.05) is 37.3 Å². The molecule has 1 aromatic rings. The molecule has 1 aliphatic heterocycles. The van der Waals surface area contributed by atoms with E-state index in [-0.39, 0.29) is 18.8 Å². The fourth-order valence-electron chi connectivity index (χ4n) is 2.33. The molecular weight excluding hydrogens is 286 g/mol. The number of carbonyl (C=O) groups is 2. The number of hydrogen-bond acceptors (Lipinski definition) is 4. The van der Waals surface area contributed by atoms with Gasteiger partial charge in [0.1, 0.15) is 6.61 Å². The molecule has 1 aromatic carbocycles. The van der Waals surface area contributed by atoms with Crippen LogP contribution in [0.5, 0.6) is 0 Å². The van der Waals surface area contributed by atoms with Crippen LogP contribution in [-0.2, 0) is 20.9 Å². The summed E-state index contributed by atoms with van der Waals surface area (Å²) >= 11 is 0. The SMILES string of the molecule is CC(C[C@@H]1CN(C(=O)OCc2ccccc2)CCO1)C(=O)O. The van der Waals surface area contributed by atoms with Gasteiger partial charge >= 0.3 is 12.1 Å². The second-order valence-corrected chi connectivity index (χ2v) is 5.45. The summed E-state index contributed by atoms with van der Waals surface area (Å²) in [4.78, 5) is 24.5. The Bertz CT molecular complexity index is 505. The van der Waals surface area contributed by atoms with Crippen LogP contribution in [0, 0.1) is 5.92 Å². The molecule has 6 nitrogen and oxygen atoms in total. The average molecular weight is 307 g/mol. The summed E-state index contributed by atoms with van der Waals surface area (Å²) in [6.07, 6.45) is -0.262. The topological polar surface area (TPSA) is 76.1 Å². The van der Waals surface area contributed by atoms with Gasteiger partial charge in [-0.25, -0.2) is 4.79 Å². The molecule has 2 atom stereocenters. The standard InChI is InChI=1S/C16H21NO5/c1-12(15(18)19)9-14-10-17(7-8-21-14)16(20)22-11-13-5-3-2-4-6-13/h2-6,12,14H,7-11H2,1H3,(H,18,19)/t12?,14-/m1/s1. The van der Waals surface area contributed by atoms with Crippen molar-refractivity contribution in [1.82, 2.24) is 4.90 Å². The van der Waals surface area contributed by atoms with Crippen LogP contribution in [0.2, 0.25) is 0 Å². The predicted molar refractivity (Wildman–Crippen MR) is 79.4 cm³/mol. The molecule has 6 heteroatoms. The Morgan fingerprint density at radius 1 is 1.41 bits per heavy atom. The van der Waals surface area contributed by atoms with Gasteiger partial charge in [-0.3, -0.25) is 4.79 Å². The van der Waals surface area contributed by atoms with Gasteiger partial charge in [0.15, 0.2) is 0 Å².